The summed E-state index contributed by atoms with van der Waals surface area (Å²) in [6, 6.07) is 14.5. The fourth-order valence-electron chi connectivity index (χ4n) is 4.60. The highest BCUT2D eigenvalue weighted by Crippen LogP contribution is 2.50. The Morgan fingerprint density at radius 2 is 1.76 bits per heavy atom. The van der Waals surface area contributed by atoms with Gasteiger partial charge in [-0.3, -0.25) is 0 Å². The zero-order valence-corrected chi connectivity index (χ0v) is 18.5. The first-order valence-electron chi connectivity index (χ1n) is 9.87. The lowest BCUT2D eigenvalue weighted by atomic mass is 9.65. The second-order valence-corrected chi connectivity index (χ2v) is 10.1. The Balaban J connectivity index is 1.99. The van der Waals surface area contributed by atoms with E-state index >= 15 is 0 Å². The van der Waals surface area contributed by atoms with E-state index in [9.17, 15) is 4.79 Å². The summed E-state index contributed by atoms with van der Waals surface area (Å²) in [4.78, 5) is 15.3. The molecule has 2 aromatic carbocycles. The largest absolute Gasteiger partial charge is 0.422 e. The lowest BCUT2D eigenvalue weighted by Gasteiger charge is -2.41. The monoisotopic (exact) mass is 405 g/mol. The Morgan fingerprint density at radius 1 is 1.03 bits per heavy atom. The molecule has 4 nitrogen and oxygen atoms in total. The van der Waals surface area contributed by atoms with Gasteiger partial charge in [-0.25, -0.2) is 4.79 Å². The van der Waals surface area contributed by atoms with Gasteiger partial charge in [-0.15, -0.1) is 0 Å². The number of hydrogen-bond acceptors (Lipinski definition) is 4. The molecule has 5 rings (SSSR count). The maximum absolute atomic E-state index is 13.3. The van der Waals surface area contributed by atoms with Crippen LogP contribution in [0.1, 0.15) is 33.3 Å². The highest BCUT2D eigenvalue weighted by atomic mass is 32.1. The molecule has 148 valence electrons. The number of anilines is 1. The standard InChI is InChI=1S/C24H25N2O2S/c1-23(2)20-15-12-11-14(25(5)6)13-17(15)28-22(27)19(20)21-26(24(23,3)4)16-9-7-8-10-18(16)29-21/h7-13H,1-6H3/q+1. The highest BCUT2D eigenvalue weighted by Gasteiger charge is 2.56. The fraction of sp³-hybridized carbons (Fsp3) is 0.333. The van der Waals surface area contributed by atoms with Crippen LogP contribution in [-0.4, -0.2) is 14.1 Å². The third kappa shape index (κ3) is 2.25. The first-order valence-corrected chi connectivity index (χ1v) is 10.7. The molecule has 0 bridgehead atoms. The van der Waals surface area contributed by atoms with Crippen LogP contribution in [0.4, 0.5) is 5.69 Å². The Hall–Kier alpha value is -2.66. The average Bonchev–Trinajstić information content (AvgIpc) is 3.05. The van der Waals surface area contributed by atoms with Crippen LogP contribution in [0.25, 0.3) is 31.8 Å². The lowest BCUT2D eigenvalue weighted by Crippen LogP contribution is -2.65. The topological polar surface area (TPSA) is 37.3 Å². The molecule has 2 aromatic heterocycles. The van der Waals surface area contributed by atoms with Gasteiger partial charge in [0.1, 0.15) is 15.8 Å². The van der Waals surface area contributed by atoms with Gasteiger partial charge < -0.3 is 9.32 Å². The van der Waals surface area contributed by atoms with Crippen LogP contribution in [0.15, 0.2) is 51.7 Å². The van der Waals surface area contributed by atoms with Crippen molar-refractivity contribution in [2.45, 2.75) is 38.6 Å². The van der Waals surface area contributed by atoms with E-state index in [2.05, 4.69) is 68.7 Å². The van der Waals surface area contributed by atoms with Crippen molar-refractivity contribution >= 4 is 38.2 Å². The molecule has 0 aliphatic carbocycles. The summed E-state index contributed by atoms with van der Waals surface area (Å²) in [5.41, 5.74) is 3.87. The molecule has 1 aliphatic rings. The summed E-state index contributed by atoms with van der Waals surface area (Å²) in [5, 5.41) is 2.00. The maximum atomic E-state index is 13.3. The molecular weight excluding hydrogens is 380 g/mol. The van der Waals surface area contributed by atoms with E-state index in [1.165, 1.54) is 10.2 Å². The van der Waals surface area contributed by atoms with E-state index in [0.717, 1.165) is 21.6 Å². The van der Waals surface area contributed by atoms with E-state index in [4.69, 9.17) is 4.42 Å². The number of rotatable bonds is 1. The van der Waals surface area contributed by atoms with Crippen molar-refractivity contribution < 1.29 is 8.98 Å². The minimum atomic E-state index is -0.280. The van der Waals surface area contributed by atoms with Crippen molar-refractivity contribution in [1.82, 2.24) is 0 Å². The summed E-state index contributed by atoms with van der Waals surface area (Å²) in [7, 11) is 3.98. The number of nitrogens with zero attached hydrogens (tertiary/aromatic N) is 2. The molecule has 3 heterocycles. The van der Waals surface area contributed by atoms with Crippen molar-refractivity contribution in [2.24, 2.45) is 0 Å². The van der Waals surface area contributed by atoms with Gasteiger partial charge in [-0.2, -0.15) is 4.57 Å². The average molecular weight is 406 g/mol. The predicted molar refractivity (Wildman–Crippen MR) is 120 cm³/mol. The molecule has 0 unspecified atom stereocenters. The number of thiazole rings is 1. The first-order chi connectivity index (χ1) is 13.6. The van der Waals surface area contributed by atoms with Gasteiger partial charge in [0.25, 0.3) is 5.01 Å². The second kappa shape index (κ2) is 5.70. The molecule has 0 N–H and O–H groups in total. The van der Waals surface area contributed by atoms with Crippen LogP contribution in [0.5, 0.6) is 0 Å². The summed E-state index contributed by atoms with van der Waals surface area (Å²) < 4.78 is 9.40. The quantitative estimate of drug-likeness (QED) is 0.328. The third-order valence-corrected chi connectivity index (χ3v) is 8.00. The molecule has 0 saturated heterocycles. The smallest absolute Gasteiger partial charge is 0.351 e. The number of aromatic nitrogens is 1. The van der Waals surface area contributed by atoms with Crippen molar-refractivity contribution in [3.05, 3.63) is 58.4 Å². The second-order valence-electron chi connectivity index (χ2n) is 9.11. The van der Waals surface area contributed by atoms with Gasteiger partial charge in [-0.05, 0) is 37.6 Å². The Kier molecular flexibility index (Phi) is 3.61. The number of hydrogen-bond donors (Lipinski definition) is 0. The van der Waals surface area contributed by atoms with Crippen molar-refractivity contribution in [1.29, 1.82) is 0 Å². The van der Waals surface area contributed by atoms with Gasteiger partial charge >= 0.3 is 5.63 Å². The lowest BCUT2D eigenvalue weighted by molar-refractivity contribution is -0.734. The molecule has 0 amide bonds. The van der Waals surface area contributed by atoms with Crippen LogP contribution in [0.2, 0.25) is 0 Å². The number of fused-ring (bicyclic) bond motifs is 7. The Morgan fingerprint density at radius 3 is 2.48 bits per heavy atom. The molecule has 0 atom stereocenters. The van der Waals surface area contributed by atoms with Crippen LogP contribution < -0.4 is 15.1 Å². The Bertz CT molecular complexity index is 1360. The summed E-state index contributed by atoms with van der Waals surface area (Å²) in [6.45, 7) is 9.03. The van der Waals surface area contributed by atoms with Gasteiger partial charge in [0.05, 0.1) is 5.41 Å². The molecule has 0 spiro atoms. The van der Waals surface area contributed by atoms with Crippen molar-refractivity contribution in [3.63, 3.8) is 0 Å². The van der Waals surface area contributed by atoms with Crippen LogP contribution in [0.3, 0.4) is 0 Å². The molecular formula is C24H25N2O2S+. The molecule has 4 aromatic rings. The van der Waals surface area contributed by atoms with Crippen LogP contribution in [0, 0.1) is 0 Å². The van der Waals surface area contributed by atoms with E-state index in [-0.39, 0.29) is 16.6 Å². The SMILES string of the molecule is CN(C)c1ccc2c3c(c(=O)oc2c1)-c1sc2ccccc2[n+]1C(C)(C)C3(C)C. The van der Waals surface area contributed by atoms with E-state index in [1.807, 2.05) is 25.1 Å². The molecule has 0 fully saturated rings. The van der Waals surface area contributed by atoms with Crippen molar-refractivity contribution in [3.8, 4) is 10.6 Å². The normalized spacial score (nSPS) is 16.6. The minimum Gasteiger partial charge on any atom is -0.422 e. The highest BCUT2D eigenvalue weighted by molar-refractivity contribution is 7.21. The van der Waals surface area contributed by atoms with E-state index in [0.29, 0.717) is 11.1 Å². The third-order valence-electron chi connectivity index (χ3n) is 6.85. The molecule has 1 aliphatic heterocycles. The van der Waals surface area contributed by atoms with E-state index in [1.54, 1.807) is 11.3 Å². The predicted octanol–water partition coefficient (Wildman–Crippen LogP) is 5.05. The van der Waals surface area contributed by atoms with Gasteiger partial charge in [0.2, 0.25) is 5.52 Å². The van der Waals surface area contributed by atoms with Crippen LogP contribution >= 0.6 is 11.3 Å². The fourth-order valence-corrected chi connectivity index (χ4v) is 5.93. The summed E-state index contributed by atoms with van der Waals surface area (Å²) in [5.74, 6) is 0. The van der Waals surface area contributed by atoms with Gasteiger partial charge in [0, 0.05) is 51.1 Å². The van der Waals surface area contributed by atoms with Crippen LogP contribution in [-0.2, 0) is 11.0 Å². The minimum absolute atomic E-state index is 0.226. The summed E-state index contributed by atoms with van der Waals surface area (Å²) in [6.07, 6.45) is 0. The first kappa shape index (κ1) is 18.4. The maximum Gasteiger partial charge on any atom is 0.351 e. The molecule has 0 radical (unpaired) electrons. The number of benzene rings is 2. The molecule has 5 heteroatoms. The Labute approximate surface area is 174 Å². The molecule has 0 saturated carbocycles. The zero-order chi connectivity index (χ0) is 20.7. The van der Waals surface area contributed by atoms with Gasteiger partial charge in [-0.1, -0.05) is 23.5 Å². The number of para-hydroxylation sites is 1. The molecule has 29 heavy (non-hydrogen) atoms. The summed E-state index contributed by atoms with van der Waals surface area (Å²) >= 11 is 1.67. The van der Waals surface area contributed by atoms with Gasteiger partial charge in [0.15, 0.2) is 5.54 Å². The van der Waals surface area contributed by atoms with E-state index < -0.39 is 0 Å². The van der Waals surface area contributed by atoms with Crippen molar-refractivity contribution in [2.75, 3.05) is 19.0 Å². The zero-order valence-electron chi connectivity index (χ0n) is 17.7.